The molecule has 6 nitrogen and oxygen atoms in total. The summed E-state index contributed by atoms with van der Waals surface area (Å²) in [5.41, 5.74) is 0.337. The fourth-order valence-corrected chi connectivity index (χ4v) is 5.76. The second-order valence-corrected chi connectivity index (χ2v) is 11.1. The van der Waals surface area contributed by atoms with Crippen LogP contribution in [-0.2, 0) is 17.5 Å². The van der Waals surface area contributed by atoms with E-state index >= 15 is 0 Å². The minimum absolute atomic E-state index is 0.0280. The van der Waals surface area contributed by atoms with Gasteiger partial charge in [-0.2, -0.15) is 18.3 Å². The minimum atomic E-state index is -4.51. The van der Waals surface area contributed by atoms with Crippen molar-refractivity contribution in [3.8, 4) is 0 Å². The Balaban J connectivity index is 1.28. The minimum Gasteiger partial charge on any atom is -0.481 e. The molecular weight excluding hydrogens is 525 g/mol. The molecule has 0 amide bonds. The topological polar surface area (TPSA) is 70.7 Å². The Morgan fingerprint density at radius 2 is 1.97 bits per heavy atom. The first kappa shape index (κ1) is 25.7. The van der Waals surface area contributed by atoms with E-state index in [0.29, 0.717) is 32.5 Å². The first-order chi connectivity index (χ1) is 17.5. The standard InChI is InChI=1S/C26H24ClF3N4O2S/c1-25(23(35)36)6-8-33(9-7-25)24-31-14-20(37-24)11-16-2-5-22-18(10-16)13-32-34(22)15-17-3-4-19(27)12-21(17)26(28,29)30/h2-5,10-13H,6-9,14-15H2,1H3,(H,35,36). The van der Waals surface area contributed by atoms with Crippen molar-refractivity contribution in [2.24, 2.45) is 10.4 Å². The first-order valence-corrected chi connectivity index (χ1v) is 12.9. The number of carbonyl (C=O) groups is 1. The highest BCUT2D eigenvalue weighted by Crippen LogP contribution is 2.36. The van der Waals surface area contributed by atoms with Crippen molar-refractivity contribution in [1.82, 2.24) is 14.7 Å². The average molecular weight is 549 g/mol. The van der Waals surface area contributed by atoms with Crippen LogP contribution in [0.25, 0.3) is 17.0 Å². The third-order valence-electron chi connectivity index (χ3n) is 6.94. The quantitative estimate of drug-likeness (QED) is 0.409. The smallest absolute Gasteiger partial charge is 0.416 e. The van der Waals surface area contributed by atoms with Gasteiger partial charge in [0.15, 0.2) is 5.17 Å². The summed E-state index contributed by atoms with van der Waals surface area (Å²) in [6, 6.07) is 9.50. The molecular formula is C26H24ClF3N4O2S. The summed E-state index contributed by atoms with van der Waals surface area (Å²) in [5.74, 6) is -0.749. The van der Waals surface area contributed by atoms with Gasteiger partial charge in [-0.15, -0.1) is 0 Å². The first-order valence-electron chi connectivity index (χ1n) is 11.7. The lowest BCUT2D eigenvalue weighted by atomic mass is 9.81. The molecule has 2 aromatic carbocycles. The number of carboxylic acids is 1. The molecule has 0 bridgehead atoms. The normalized spacial score (nSPS) is 19.0. The van der Waals surface area contributed by atoms with Crippen molar-refractivity contribution < 1.29 is 23.1 Å². The fourth-order valence-electron chi connectivity index (χ4n) is 4.59. The third kappa shape index (κ3) is 5.36. The van der Waals surface area contributed by atoms with Crippen LogP contribution in [0, 0.1) is 5.41 Å². The maximum atomic E-state index is 13.5. The van der Waals surface area contributed by atoms with Crippen LogP contribution in [0.15, 0.2) is 52.5 Å². The highest BCUT2D eigenvalue weighted by atomic mass is 35.5. The van der Waals surface area contributed by atoms with Crippen molar-refractivity contribution in [1.29, 1.82) is 0 Å². The van der Waals surface area contributed by atoms with Gasteiger partial charge < -0.3 is 10.0 Å². The summed E-state index contributed by atoms with van der Waals surface area (Å²) >= 11 is 7.39. The van der Waals surface area contributed by atoms with Crippen LogP contribution in [0.5, 0.6) is 0 Å². The van der Waals surface area contributed by atoms with Gasteiger partial charge in [0.25, 0.3) is 0 Å². The number of rotatable bonds is 4. The van der Waals surface area contributed by atoms with Gasteiger partial charge in [0, 0.05) is 28.4 Å². The van der Waals surface area contributed by atoms with Crippen molar-refractivity contribution in [3.05, 3.63) is 69.2 Å². The van der Waals surface area contributed by atoms with Gasteiger partial charge in [-0.05, 0) is 61.2 Å². The molecule has 2 aliphatic rings. The number of likely N-dealkylation sites (tertiary alicyclic amines) is 1. The van der Waals surface area contributed by atoms with Crippen LogP contribution < -0.4 is 0 Å². The van der Waals surface area contributed by atoms with E-state index in [1.54, 1.807) is 29.6 Å². The molecule has 1 N–H and O–H groups in total. The summed E-state index contributed by atoms with van der Waals surface area (Å²) < 4.78 is 42.0. The van der Waals surface area contributed by atoms with Crippen LogP contribution in [0.2, 0.25) is 5.02 Å². The molecule has 0 saturated carbocycles. The van der Waals surface area contributed by atoms with Gasteiger partial charge in [0.2, 0.25) is 0 Å². The molecule has 0 aliphatic carbocycles. The summed E-state index contributed by atoms with van der Waals surface area (Å²) in [7, 11) is 0. The molecule has 37 heavy (non-hydrogen) atoms. The lowest BCUT2D eigenvalue weighted by molar-refractivity contribution is -0.150. The lowest BCUT2D eigenvalue weighted by Crippen LogP contribution is -2.44. The molecule has 2 aliphatic heterocycles. The van der Waals surface area contributed by atoms with Crippen LogP contribution in [0.4, 0.5) is 13.2 Å². The molecule has 5 rings (SSSR count). The molecule has 194 valence electrons. The lowest BCUT2D eigenvalue weighted by Gasteiger charge is -2.37. The van der Waals surface area contributed by atoms with Crippen molar-refractivity contribution in [2.45, 2.75) is 32.5 Å². The SMILES string of the molecule is CC1(C(=O)O)CCN(C2=NCC(=Cc3ccc4c(cnn4Cc4ccc(Cl)cc4C(F)(F)F)c3)S2)CC1. The largest absolute Gasteiger partial charge is 0.481 e. The zero-order valence-electron chi connectivity index (χ0n) is 19.9. The molecule has 0 spiro atoms. The summed E-state index contributed by atoms with van der Waals surface area (Å²) in [5, 5.41) is 15.5. The predicted octanol–water partition coefficient (Wildman–Crippen LogP) is 6.39. The summed E-state index contributed by atoms with van der Waals surface area (Å²) in [6.45, 7) is 3.65. The Morgan fingerprint density at radius 3 is 2.68 bits per heavy atom. The molecule has 0 unspecified atom stereocenters. The molecule has 11 heteroatoms. The Morgan fingerprint density at radius 1 is 1.22 bits per heavy atom. The molecule has 3 aromatic rings. The number of aliphatic carboxylic acids is 1. The van der Waals surface area contributed by atoms with Gasteiger partial charge >= 0.3 is 12.1 Å². The number of fused-ring (bicyclic) bond motifs is 1. The predicted molar refractivity (Wildman–Crippen MR) is 140 cm³/mol. The van der Waals surface area contributed by atoms with Gasteiger partial charge in [-0.25, -0.2) is 0 Å². The van der Waals surface area contributed by atoms with Crippen molar-refractivity contribution >= 4 is 51.5 Å². The molecule has 1 fully saturated rings. The molecule has 0 atom stereocenters. The number of halogens is 4. The number of benzene rings is 2. The van der Waals surface area contributed by atoms with Gasteiger partial charge in [0.05, 0.1) is 35.8 Å². The average Bonchev–Trinajstić information content (AvgIpc) is 3.47. The number of aliphatic imine (C=N–C) groups is 1. The Labute approximate surface area is 220 Å². The number of amidine groups is 1. The van der Waals surface area contributed by atoms with E-state index in [1.807, 2.05) is 24.3 Å². The molecule has 1 saturated heterocycles. The maximum Gasteiger partial charge on any atom is 0.416 e. The number of nitrogens with zero attached hydrogens (tertiary/aromatic N) is 4. The highest BCUT2D eigenvalue weighted by molar-refractivity contribution is 8.17. The zero-order chi connectivity index (χ0) is 26.4. The van der Waals surface area contributed by atoms with E-state index in [0.717, 1.165) is 32.6 Å². The van der Waals surface area contributed by atoms with Crippen LogP contribution >= 0.6 is 23.4 Å². The van der Waals surface area contributed by atoms with Gasteiger partial charge in [-0.1, -0.05) is 35.5 Å². The van der Waals surface area contributed by atoms with Crippen molar-refractivity contribution in [3.63, 3.8) is 0 Å². The molecule has 1 aromatic heterocycles. The summed E-state index contributed by atoms with van der Waals surface area (Å²) in [4.78, 5) is 19.4. The number of carboxylic acid groups (broad SMARTS) is 1. The Kier molecular flexibility index (Phi) is 6.74. The molecule has 3 heterocycles. The highest BCUT2D eigenvalue weighted by Gasteiger charge is 2.38. The fraction of sp³-hybridized carbons (Fsp3) is 0.346. The monoisotopic (exact) mass is 548 g/mol. The van der Waals surface area contributed by atoms with E-state index < -0.39 is 23.1 Å². The van der Waals surface area contributed by atoms with Crippen LogP contribution in [-0.4, -0.2) is 50.6 Å². The maximum absolute atomic E-state index is 13.5. The summed E-state index contributed by atoms with van der Waals surface area (Å²) in [6.07, 6.45) is 0.360. The van der Waals surface area contributed by atoms with E-state index in [4.69, 9.17) is 11.6 Å². The van der Waals surface area contributed by atoms with Crippen molar-refractivity contribution in [2.75, 3.05) is 19.6 Å². The van der Waals surface area contributed by atoms with Gasteiger partial charge in [0.1, 0.15) is 0 Å². The second-order valence-electron chi connectivity index (χ2n) is 9.58. The number of piperidine rings is 1. The number of alkyl halides is 3. The number of aromatic nitrogens is 2. The number of hydrogen-bond acceptors (Lipinski definition) is 5. The van der Waals surface area contributed by atoms with E-state index in [9.17, 15) is 23.1 Å². The van der Waals surface area contributed by atoms with E-state index in [1.165, 1.54) is 12.1 Å². The molecule has 0 radical (unpaired) electrons. The Bertz CT molecular complexity index is 1420. The Hall–Kier alpha value is -2.98. The van der Waals surface area contributed by atoms with E-state index in [2.05, 4.69) is 15.0 Å². The second kappa shape index (κ2) is 9.72. The number of hydrogen-bond donors (Lipinski definition) is 1. The third-order valence-corrected chi connectivity index (χ3v) is 8.25. The zero-order valence-corrected chi connectivity index (χ0v) is 21.5. The van der Waals surface area contributed by atoms with Crippen LogP contribution in [0.1, 0.15) is 36.5 Å². The van der Waals surface area contributed by atoms with Crippen LogP contribution in [0.3, 0.4) is 0 Å². The van der Waals surface area contributed by atoms with Gasteiger partial charge in [-0.3, -0.25) is 14.5 Å². The van der Waals surface area contributed by atoms with E-state index in [-0.39, 0.29) is 17.1 Å². The number of thioether (sulfide) groups is 1.